The van der Waals surface area contributed by atoms with E-state index in [1.54, 1.807) is 6.92 Å². The number of nitrogens with zero attached hydrogens (tertiary/aromatic N) is 3. The Kier molecular flexibility index (Phi) is 6.81. The Balaban J connectivity index is 1.78. The van der Waals surface area contributed by atoms with Gasteiger partial charge in [0.05, 0.1) is 17.5 Å². The zero-order valence-electron chi connectivity index (χ0n) is 14.6. The second-order valence-corrected chi connectivity index (χ2v) is 6.90. The van der Waals surface area contributed by atoms with Crippen molar-refractivity contribution in [1.82, 2.24) is 20.4 Å². The molecule has 6 nitrogen and oxygen atoms in total. The van der Waals surface area contributed by atoms with Gasteiger partial charge in [0, 0.05) is 13.5 Å². The van der Waals surface area contributed by atoms with E-state index in [2.05, 4.69) is 51.5 Å². The Morgan fingerprint density at radius 3 is 2.58 bits per heavy atom. The van der Waals surface area contributed by atoms with Gasteiger partial charge >= 0.3 is 0 Å². The lowest BCUT2D eigenvalue weighted by molar-refractivity contribution is -0.118. The molecule has 2 aromatic rings. The fourth-order valence-corrected chi connectivity index (χ4v) is 2.97. The molecule has 0 aliphatic carbocycles. The molecule has 1 heterocycles. The maximum absolute atomic E-state index is 12.0. The van der Waals surface area contributed by atoms with Crippen LogP contribution in [0, 0.1) is 13.8 Å². The first-order valence-corrected chi connectivity index (χ1v) is 8.98. The molecule has 24 heavy (non-hydrogen) atoms. The fraction of sp³-hybridized carbons (Fsp3) is 0.471. The number of carbonyl (C=O) groups excluding carboxylic acids is 1. The van der Waals surface area contributed by atoms with Crippen LogP contribution in [0.4, 0.5) is 0 Å². The van der Waals surface area contributed by atoms with Crippen molar-refractivity contribution in [3.63, 3.8) is 0 Å². The Morgan fingerprint density at radius 1 is 1.29 bits per heavy atom. The highest BCUT2D eigenvalue weighted by molar-refractivity contribution is 7.99. The summed E-state index contributed by atoms with van der Waals surface area (Å²) in [4.78, 5) is 18.3. The van der Waals surface area contributed by atoms with Gasteiger partial charge in [-0.25, -0.2) is 0 Å². The van der Waals surface area contributed by atoms with Crippen LogP contribution in [0.5, 0.6) is 0 Å². The van der Waals surface area contributed by atoms with E-state index in [4.69, 9.17) is 4.52 Å². The van der Waals surface area contributed by atoms with E-state index >= 15 is 0 Å². The highest BCUT2D eigenvalue weighted by Crippen LogP contribution is 2.18. The first-order valence-electron chi connectivity index (χ1n) is 7.82. The number of hydrogen-bond donors (Lipinski definition) is 1. The van der Waals surface area contributed by atoms with Gasteiger partial charge in [-0.05, 0) is 26.6 Å². The number of hydrogen-bond acceptors (Lipinski definition) is 6. The molecule has 0 spiro atoms. The van der Waals surface area contributed by atoms with Crippen molar-refractivity contribution in [3.8, 4) is 0 Å². The van der Waals surface area contributed by atoms with Gasteiger partial charge < -0.3 is 14.7 Å². The molecule has 1 N–H and O–H groups in total. The Hall–Kier alpha value is -1.86. The lowest BCUT2D eigenvalue weighted by Gasteiger charge is -2.25. The Labute approximate surface area is 147 Å². The van der Waals surface area contributed by atoms with Crippen LogP contribution in [0.2, 0.25) is 0 Å². The standard InChI is InChI=1S/C17H24N4O2S/c1-12-5-7-14(8-6-12)15(21(3)4)9-18-17(22)11-24-10-16-19-13(2)23-20-16/h5-8,15H,9-11H2,1-4H3,(H,18,22)/t15-/m0/s1. The van der Waals surface area contributed by atoms with Crippen LogP contribution >= 0.6 is 11.8 Å². The van der Waals surface area contributed by atoms with Crippen LogP contribution in [0.25, 0.3) is 0 Å². The summed E-state index contributed by atoms with van der Waals surface area (Å²) in [5, 5.41) is 6.81. The number of benzene rings is 1. The molecule has 0 saturated carbocycles. The molecule has 0 aliphatic heterocycles. The van der Waals surface area contributed by atoms with Gasteiger partial charge in [-0.3, -0.25) is 4.79 Å². The molecule has 0 unspecified atom stereocenters. The summed E-state index contributed by atoms with van der Waals surface area (Å²) >= 11 is 1.47. The van der Waals surface area contributed by atoms with Crippen LogP contribution in [0.1, 0.15) is 28.9 Å². The average molecular weight is 348 g/mol. The summed E-state index contributed by atoms with van der Waals surface area (Å²) in [6.07, 6.45) is 0. The smallest absolute Gasteiger partial charge is 0.230 e. The lowest BCUT2D eigenvalue weighted by Crippen LogP contribution is -2.35. The van der Waals surface area contributed by atoms with Crippen LogP contribution in [0.3, 0.4) is 0 Å². The molecule has 130 valence electrons. The van der Waals surface area contributed by atoms with E-state index < -0.39 is 0 Å². The predicted molar refractivity (Wildman–Crippen MR) is 95.8 cm³/mol. The normalized spacial score (nSPS) is 12.4. The van der Waals surface area contributed by atoms with Gasteiger partial charge in [0.15, 0.2) is 5.82 Å². The summed E-state index contributed by atoms with van der Waals surface area (Å²) < 4.78 is 4.90. The van der Waals surface area contributed by atoms with Crippen LogP contribution < -0.4 is 5.32 Å². The summed E-state index contributed by atoms with van der Waals surface area (Å²) in [5.41, 5.74) is 2.43. The SMILES string of the molecule is Cc1ccc([C@H](CNC(=O)CSCc2noc(C)n2)N(C)C)cc1. The molecule has 0 bridgehead atoms. The van der Waals surface area contributed by atoms with Crippen molar-refractivity contribution in [1.29, 1.82) is 0 Å². The number of aryl methyl sites for hydroxylation is 2. The number of carbonyl (C=O) groups is 1. The van der Waals surface area contributed by atoms with E-state index in [9.17, 15) is 4.79 Å². The molecule has 1 amide bonds. The van der Waals surface area contributed by atoms with Crippen molar-refractivity contribution in [2.75, 3.05) is 26.4 Å². The van der Waals surface area contributed by atoms with Crippen LogP contribution in [-0.4, -0.2) is 47.3 Å². The van der Waals surface area contributed by atoms with Gasteiger partial charge in [-0.15, -0.1) is 11.8 Å². The summed E-state index contributed by atoms with van der Waals surface area (Å²) in [6.45, 7) is 4.40. The van der Waals surface area contributed by atoms with Gasteiger partial charge in [-0.2, -0.15) is 4.98 Å². The third-order valence-corrected chi connectivity index (χ3v) is 4.54. The van der Waals surface area contributed by atoms with Crippen LogP contribution in [-0.2, 0) is 10.5 Å². The van der Waals surface area contributed by atoms with E-state index in [1.807, 2.05) is 14.1 Å². The Morgan fingerprint density at radius 2 is 2.00 bits per heavy atom. The molecule has 1 aromatic heterocycles. The highest BCUT2D eigenvalue weighted by Gasteiger charge is 2.15. The van der Waals surface area contributed by atoms with Crippen LogP contribution in [0.15, 0.2) is 28.8 Å². The van der Waals surface area contributed by atoms with Crippen molar-refractivity contribution >= 4 is 17.7 Å². The third-order valence-electron chi connectivity index (χ3n) is 3.61. The van der Waals surface area contributed by atoms with Gasteiger partial charge in [0.2, 0.25) is 11.8 Å². The molecule has 2 rings (SSSR count). The van der Waals surface area contributed by atoms with E-state index in [1.165, 1.54) is 22.9 Å². The highest BCUT2D eigenvalue weighted by atomic mass is 32.2. The zero-order chi connectivity index (χ0) is 17.5. The van der Waals surface area contributed by atoms with E-state index in [-0.39, 0.29) is 11.9 Å². The van der Waals surface area contributed by atoms with Crippen molar-refractivity contribution < 1.29 is 9.32 Å². The Bertz CT molecular complexity index is 655. The third kappa shape index (κ3) is 5.65. The summed E-state index contributed by atoms with van der Waals surface area (Å²) in [5.74, 6) is 2.12. The minimum Gasteiger partial charge on any atom is -0.353 e. The van der Waals surface area contributed by atoms with Crippen molar-refractivity contribution in [3.05, 3.63) is 47.1 Å². The molecule has 1 aromatic carbocycles. The molecule has 7 heteroatoms. The predicted octanol–water partition coefficient (Wildman–Crippen LogP) is 2.34. The second kappa shape index (κ2) is 8.84. The number of nitrogens with one attached hydrogen (secondary N) is 1. The van der Waals surface area contributed by atoms with E-state index in [0.29, 0.717) is 29.8 Å². The summed E-state index contributed by atoms with van der Waals surface area (Å²) in [6, 6.07) is 8.56. The molecule has 0 aliphatic rings. The fourth-order valence-electron chi connectivity index (χ4n) is 2.28. The number of aromatic nitrogens is 2. The van der Waals surface area contributed by atoms with Gasteiger partial charge in [0.1, 0.15) is 0 Å². The molecular formula is C17H24N4O2S. The van der Waals surface area contributed by atoms with E-state index in [0.717, 1.165) is 0 Å². The molecule has 0 radical (unpaired) electrons. The van der Waals surface area contributed by atoms with Crippen molar-refractivity contribution in [2.24, 2.45) is 0 Å². The quantitative estimate of drug-likeness (QED) is 0.789. The minimum absolute atomic E-state index is 0.0131. The first kappa shape index (κ1) is 18.5. The number of likely N-dealkylation sites (N-methyl/N-ethyl adjacent to an activating group) is 1. The zero-order valence-corrected chi connectivity index (χ0v) is 15.4. The minimum atomic E-state index is 0.0131. The first-order chi connectivity index (χ1) is 11.5. The number of rotatable bonds is 8. The maximum atomic E-state index is 12.0. The average Bonchev–Trinajstić information content (AvgIpc) is 2.94. The molecular weight excluding hydrogens is 324 g/mol. The molecule has 0 saturated heterocycles. The topological polar surface area (TPSA) is 71.3 Å². The lowest BCUT2D eigenvalue weighted by atomic mass is 10.0. The monoisotopic (exact) mass is 348 g/mol. The molecule has 0 fully saturated rings. The van der Waals surface area contributed by atoms with Gasteiger partial charge in [0.25, 0.3) is 0 Å². The largest absolute Gasteiger partial charge is 0.353 e. The van der Waals surface area contributed by atoms with Gasteiger partial charge in [-0.1, -0.05) is 35.0 Å². The number of thioether (sulfide) groups is 1. The summed E-state index contributed by atoms with van der Waals surface area (Å²) in [7, 11) is 4.04. The molecule has 1 atom stereocenters. The second-order valence-electron chi connectivity index (χ2n) is 5.92. The number of amides is 1. The maximum Gasteiger partial charge on any atom is 0.230 e. The van der Waals surface area contributed by atoms with Crippen molar-refractivity contribution in [2.45, 2.75) is 25.6 Å².